The van der Waals surface area contributed by atoms with E-state index in [0.717, 1.165) is 49.1 Å². The Kier molecular flexibility index (Phi) is 5.46. The summed E-state index contributed by atoms with van der Waals surface area (Å²) < 4.78 is 12.9. The fourth-order valence-corrected chi connectivity index (χ4v) is 4.53. The van der Waals surface area contributed by atoms with Gasteiger partial charge in [0, 0.05) is 31.9 Å². The summed E-state index contributed by atoms with van der Waals surface area (Å²) in [6, 6.07) is 16.8. The number of piperazine rings is 1. The van der Waals surface area contributed by atoms with Crippen molar-refractivity contribution in [2.75, 3.05) is 37.9 Å². The molecule has 3 aromatic rings. The van der Waals surface area contributed by atoms with E-state index in [1.165, 1.54) is 5.69 Å². The van der Waals surface area contributed by atoms with Gasteiger partial charge in [0.15, 0.2) is 17.3 Å². The third-order valence-electron chi connectivity index (χ3n) is 6.05. The van der Waals surface area contributed by atoms with Crippen molar-refractivity contribution in [3.63, 3.8) is 0 Å². The molecule has 0 aliphatic carbocycles. The third-order valence-corrected chi connectivity index (χ3v) is 6.05. The number of fused-ring (bicyclic) bond motifs is 1. The maximum absolute atomic E-state index is 5.52. The Morgan fingerprint density at radius 3 is 2.48 bits per heavy atom. The Morgan fingerprint density at radius 1 is 0.935 bits per heavy atom. The van der Waals surface area contributed by atoms with Crippen molar-refractivity contribution in [2.45, 2.75) is 26.4 Å². The van der Waals surface area contributed by atoms with Crippen molar-refractivity contribution in [3.8, 4) is 11.5 Å². The average molecular weight is 421 g/mol. The van der Waals surface area contributed by atoms with E-state index in [-0.39, 0.29) is 12.8 Å². The fraction of sp³-hybridized carbons (Fsp3) is 0.435. The zero-order chi connectivity index (χ0) is 21.2. The standard InChI is InChI=1S/C23H28N6O2/c1-17(2)22(28-12-10-27(11-13-28)19-6-4-3-5-7-19)23-24-25-26-29(23)15-18-8-9-20-21(14-18)31-16-30-20/h3-9,14,17,22H,10-13,15-16H2,1-2H3/t22-/m1/s1. The first-order valence-electron chi connectivity index (χ1n) is 10.9. The molecule has 1 atom stereocenters. The number of nitrogens with zero attached hydrogens (tertiary/aromatic N) is 6. The van der Waals surface area contributed by atoms with Gasteiger partial charge >= 0.3 is 0 Å². The lowest BCUT2D eigenvalue weighted by atomic mass is 10.0. The number of aromatic nitrogens is 4. The molecular weight excluding hydrogens is 392 g/mol. The van der Waals surface area contributed by atoms with Crippen LogP contribution in [0.25, 0.3) is 0 Å². The van der Waals surface area contributed by atoms with E-state index in [1.54, 1.807) is 0 Å². The molecule has 0 unspecified atom stereocenters. The first-order valence-corrected chi connectivity index (χ1v) is 10.9. The van der Waals surface area contributed by atoms with Crippen molar-refractivity contribution in [2.24, 2.45) is 5.92 Å². The van der Waals surface area contributed by atoms with E-state index in [2.05, 4.69) is 69.5 Å². The maximum Gasteiger partial charge on any atom is 0.231 e. The van der Waals surface area contributed by atoms with Crippen LogP contribution < -0.4 is 14.4 Å². The van der Waals surface area contributed by atoms with Crippen LogP contribution in [0, 0.1) is 5.92 Å². The number of tetrazole rings is 1. The minimum atomic E-state index is 0.168. The summed E-state index contributed by atoms with van der Waals surface area (Å²) in [4.78, 5) is 4.97. The van der Waals surface area contributed by atoms with Gasteiger partial charge in [-0.3, -0.25) is 4.90 Å². The van der Waals surface area contributed by atoms with Gasteiger partial charge in [-0.1, -0.05) is 38.1 Å². The Bertz CT molecular complexity index is 1010. The van der Waals surface area contributed by atoms with E-state index < -0.39 is 0 Å². The molecule has 1 aromatic heterocycles. The number of ether oxygens (including phenoxy) is 2. The van der Waals surface area contributed by atoms with Crippen LogP contribution in [0.1, 0.15) is 31.3 Å². The first kappa shape index (κ1) is 19.8. The Balaban J connectivity index is 1.32. The molecule has 5 rings (SSSR count). The van der Waals surface area contributed by atoms with Gasteiger partial charge in [-0.05, 0) is 46.2 Å². The molecule has 3 heterocycles. The van der Waals surface area contributed by atoms with Crippen LogP contribution in [0.2, 0.25) is 0 Å². The molecule has 0 bridgehead atoms. The molecule has 8 heteroatoms. The van der Waals surface area contributed by atoms with Crippen molar-refractivity contribution in [1.82, 2.24) is 25.1 Å². The Hall–Kier alpha value is -3.13. The van der Waals surface area contributed by atoms with E-state index in [0.29, 0.717) is 12.5 Å². The van der Waals surface area contributed by atoms with Crippen LogP contribution in [0.5, 0.6) is 11.5 Å². The van der Waals surface area contributed by atoms with Crippen molar-refractivity contribution < 1.29 is 9.47 Å². The average Bonchev–Trinajstić information content (AvgIpc) is 3.44. The van der Waals surface area contributed by atoms with Gasteiger partial charge in [0.1, 0.15) is 0 Å². The lowest BCUT2D eigenvalue weighted by Gasteiger charge is -2.41. The second kappa shape index (κ2) is 8.55. The molecule has 2 aliphatic heterocycles. The monoisotopic (exact) mass is 420 g/mol. The largest absolute Gasteiger partial charge is 0.454 e. The highest BCUT2D eigenvalue weighted by atomic mass is 16.7. The zero-order valence-electron chi connectivity index (χ0n) is 18.0. The van der Waals surface area contributed by atoms with Crippen molar-refractivity contribution >= 4 is 5.69 Å². The molecule has 2 aliphatic rings. The molecule has 0 saturated carbocycles. The number of para-hydroxylation sites is 1. The number of hydrogen-bond acceptors (Lipinski definition) is 7. The highest BCUT2D eigenvalue weighted by Crippen LogP contribution is 2.33. The number of benzene rings is 2. The van der Waals surface area contributed by atoms with Crippen LogP contribution in [0.3, 0.4) is 0 Å². The highest BCUT2D eigenvalue weighted by molar-refractivity contribution is 5.46. The molecule has 0 radical (unpaired) electrons. The summed E-state index contributed by atoms with van der Waals surface area (Å²) in [5.41, 5.74) is 2.38. The summed E-state index contributed by atoms with van der Waals surface area (Å²) in [7, 11) is 0. The normalized spacial score (nSPS) is 17.3. The predicted molar refractivity (Wildman–Crippen MR) is 117 cm³/mol. The van der Waals surface area contributed by atoms with Crippen molar-refractivity contribution in [3.05, 3.63) is 59.9 Å². The molecule has 162 valence electrons. The second-order valence-electron chi connectivity index (χ2n) is 8.43. The smallest absolute Gasteiger partial charge is 0.231 e. The summed E-state index contributed by atoms with van der Waals surface area (Å²) in [5, 5.41) is 12.8. The molecule has 1 saturated heterocycles. The van der Waals surface area contributed by atoms with Crippen molar-refractivity contribution in [1.29, 1.82) is 0 Å². The molecule has 0 amide bonds. The predicted octanol–water partition coefficient (Wildman–Crippen LogP) is 2.97. The van der Waals surface area contributed by atoms with Gasteiger partial charge in [0.25, 0.3) is 0 Å². The number of rotatable bonds is 6. The SMILES string of the molecule is CC(C)[C@H](c1nnnn1Cc1ccc2c(c1)OCO2)N1CCN(c2ccccc2)CC1. The van der Waals surface area contributed by atoms with E-state index in [1.807, 2.05) is 22.9 Å². The van der Waals surface area contributed by atoms with Gasteiger partial charge in [-0.15, -0.1) is 5.10 Å². The molecular formula is C23H28N6O2. The Morgan fingerprint density at radius 2 is 1.71 bits per heavy atom. The molecule has 0 N–H and O–H groups in total. The summed E-state index contributed by atoms with van der Waals surface area (Å²) >= 11 is 0. The minimum absolute atomic E-state index is 0.168. The van der Waals surface area contributed by atoms with Gasteiger partial charge in [-0.25, -0.2) is 4.68 Å². The van der Waals surface area contributed by atoms with E-state index in [9.17, 15) is 0 Å². The highest BCUT2D eigenvalue weighted by Gasteiger charge is 2.31. The quantitative estimate of drug-likeness (QED) is 0.607. The van der Waals surface area contributed by atoms with Gasteiger partial charge in [0.05, 0.1) is 12.6 Å². The summed E-state index contributed by atoms with van der Waals surface area (Å²) in [5.74, 6) is 2.88. The second-order valence-corrected chi connectivity index (χ2v) is 8.43. The van der Waals surface area contributed by atoms with Gasteiger partial charge in [0.2, 0.25) is 6.79 Å². The topological polar surface area (TPSA) is 68.5 Å². The first-order chi connectivity index (χ1) is 15.2. The Labute approximate surface area is 182 Å². The summed E-state index contributed by atoms with van der Waals surface area (Å²) in [6.45, 7) is 9.32. The molecule has 8 nitrogen and oxygen atoms in total. The number of hydrogen-bond donors (Lipinski definition) is 0. The maximum atomic E-state index is 5.52. The van der Waals surface area contributed by atoms with Gasteiger partial charge in [-0.2, -0.15) is 0 Å². The van der Waals surface area contributed by atoms with E-state index >= 15 is 0 Å². The van der Waals surface area contributed by atoms with Gasteiger partial charge < -0.3 is 14.4 Å². The molecule has 0 spiro atoms. The van der Waals surface area contributed by atoms with Crippen LogP contribution in [-0.2, 0) is 6.54 Å². The zero-order valence-corrected chi connectivity index (χ0v) is 18.0. The van der Waals surface area contributed by atoms with Crippen LogP contribution in [0.15, 0.2) is 48.5 Å². The molecule has 2 aromatic carbocycles. The lowest BCUT2D eigenvalue weighted by molar-refractivity contribution is 0.135. The lowest BCUT2D eigenvalue weighted by Crippen LogP contribution is -2.49. The number of anilines is 1. The molecule has 31 heavy (non-hydrogen) atoms. The van der Waals surface area contributed by atoms with Crippen LogP contribution in [-0.4, -0.2) is 58.1 Å². The minimum Gasteiger partial charge on any atom is -0.454 e. The third kappa shape index (κ3) is 4.07. The fourth-order valence-electron chi connectivity index (χ4n) is 4.53. The summed E-state index contributed by atoms with van der Waals surface area (Å²) in [6.07, 6.45) is 0. The van der Waals surface area contributed by atoms with E-state index in [4.69, 9.17) is 9.47 Å². The van der Waals surface area contributed by atoms with Crippen LogP contribution in [0.4, 0.5) is 5.69 Å². The molecule has 1 fully saturated rings. The van der Waals surface area contributed by atoms with Crippen LogP contribution >= 0.6 is 0 Å².